The Morgan fingerprint density at radius 3 is 1.56 bits per heavy atom. The summed E-state index contributed by atoms with van der Waals surface area (Å²) in [5.74, 6) is 2.15. The Hall–Kier alpha value is -11.4. The number of urea groups is 3. The highest BCUT2D eigenvalue weighted by Crippen LogP contribution is 2.39. The summed E-state index contributed by atoms with van der Waals surface area (Å²) in [4.78, 5) is 40.9. The van der Waals surface area contributed by atoms with E-state index in [9.17, 15) is 19.5 Å². The maximum Gasteiger partial charge on any atom is 0.323 e. The molecule has 4 aromatic heterocycles. The number of phenolic OH excluding ortho intramolecular Hbond substituents is 1. The van der Waals surface area contributed by atoms with Crippen LogP contribution in [0.15, 0.2) is 188 Å². The number of nitrogens with one attached hydrogen (secondary N) is 8. The molecule has 0 fully saturated rings. The number of methoxy groups -OCH3 is 1. The van der Waals surface area contributed by atoms with Gasteiger partial charge in [0.15, 0.2) is 11.6 Å². The molecule has 0 bridgehead atoms. The zero-order chi connectivity index (χ0) is 61.0. The zero-order valence-electron chi connectivity index (χ0n) is 47.8. The van der Waals surface area contributed by atoms with Crippen LogP contribution >= 0.6 is 11.3 Å². The summed E-state index contributed by atoms with van der Waals surface area (Å²) >= 11 is 1.64. The van der Waals surface area contributed by atoms with E-state index >= 15 is 0 Å². The second kappa shape index (κ2) is 26.9. The molecule has 438 valence electrons. The number of pyridine rings is 1. The number of aromatic nitrogens is 5. The molecule has 0 aliphatic carbocycles. The first kappa shape index (κ1) is 58.8. The van der Waals surface area contributed by atoms with Crippen molar-refractivity contribution in [2.24, 2.45) is 0 Å². The number of benzene rings is 8. The number of aromatic hydroxyl groups is 1. The van der Waals surface area contributed by atoms with Crippen molar-refractivity contribution in [2.75, 3.05) is 69.4 Å². The smallest absolute Gasteiger partial charge is 0.323 e. The first-order valence-corrected chi connectivity index (χ1v) is 28.2. The van der Waals surface area contributed by atoms with Gasteiger partial charge < -0.3 is 63.7 Å². The van der Waals surface area contributed by atoms with Gasteiger partial charge in [-0.15, -0.1) is 11.3 Å². The molecular weight excluding hydrogens is 1120 g/mol. The number of ether oxygens (including phenoxy) is 2. The average Bonchev–Trinajstić information content (AvgIpc) is 2.34. The molecule has 4 heterocycles. The number of carbonyl (C=O) groups is 3. The molecule has 0 saturated heterocycles. The molecule has 87 heavy (non-hydrogen) atoms. The molecule has 0 unspecified atom stereocenters. The summed E-state index contributed by atoms with van der Waals surface area (Å²) in [5.41, 5.74) is 32.7. The van der Waals surface area contributed by atoms with E-state index in [1.807, 2.05) is 178 Å². The Labute approximate surface area is 504 Å². The van der Waals surface area contributed by atoms with Gasteiger partial charge in [-0.05, 0) is 168 Å². The SMILES string of the molecule is COCCOc1ccc(-c2ccc(NC(=O)Nc3cccc(C)c3)cc2)c2c(N)n[nH]c12.Cc1cc(O)cc(NC(=O)Nc2ccc(-c3cccc4[nH]nc(N)c34)cc2)c1.Cc1cccc(NC(=O)Nc2ccc(-c3csc4ccnc(N)c34)cc2)c1. The maximum absolute atomic E-state index is 12.3. The molecule has 15 N–H and O–H groups in total. The van der Waals surface area contributed by atoms with Crippen LogP contribution in [0.2, 0.25) is 0 Å². The summed E-state index contributed by atoms with van der Waals surface area (Å²) in [6.07, 6.45) is 1.72. The number of nitrogens with two attached hydrogens (primary N) is 3. The molecule has 8 aromatic carbocycles. The number of nitrogens with zero attached hydrogens (tertiary/aromatic N) is 3. The van der Waals surface area contributed by atoms with Crippen molar-refractivity contribution in [2.45, 2.75) is 20.8 Å². The number of amides is 6. The van der Waals surface area contributed by atoms with Crippen LogP contribution in [0, 0.1) is 20.8 Å². The Bertz CT molecular complexity index is 4390. The van der Waals surface area contributed by atoms with Gasteiger partial charge >= 0.3 is 18.1 Å². The molecule has 0 saturated carbocycles. The standard InChI is InChI=1S/C24H25N5O3.C21H19N5O2.C21H18N4OS/c1-15-4-3-5-18(14-15)27-24(30)26-17-8-6-16(7-9-17)19-10-11-20(32-13-12-31-2)22-21(19)23(25)29-28-22;1-12-9-15(11-16(27)10-12)24-21(28)23-14-7-5-13(6-8-14)17-3-2-4-18-19(17)20(22)26-25-18;1-13-3-2-4-16(11-13)25-21(26)24-15-7-5-14(6-8-15)17-12-27-18-9-10-23-20(22)19(17)18/h3-11,14H,12-13H2,1-2H3,(H3,25,28,29)(H2,26,27,30);2-11,27H,1H3,(H3,22,25,26)(H2,23,24,28);2-12H,1H3,(H2,22,23)(H2,24,25,26). The van der Waals surface area contributed by atoms with Gasteiger partial charge in [-0.3, -0.25) is 10.2 Å². The lowest BCUT2D eigenvalue weighted by Crippen LogP contribution is -2.19. The number of fused-ring (bicyclic) bond motifs is 3. The largest absolute Gasteiger partial charge is 0.508 e. The fraction of sp³-hybridized carbons (Fsp3) is 0.0909. The van der Waals surface area contributed by atoms with Crippen molar-refractivity contribution in [3.05, 3.63) is 204 Å². The number of hydrogen-bond donors (Lipinski definition) is 12. The predicted octanol–water partition coefficient (Wildman–Crippen LogP) is 14.8. The van der Waals surface area contributed by atoms with Crippen molar-refractivity contribution in [1.82, 2.24) is 25.4 Å². The molecule has 0 aliphatic rings. The van der Waals surface area contributed by atoms with Crippen molar-refractivity contribution in [3.8, 4) is 44.9 Å². The van der Waals surface area contributed by atoms with Gasteiger partial charge in [-0.25, -0.2) is 19.4 Å². The molecule has 0 aliphatic heterocycles. The third-order valence-corrected chi connectivity index (χ3v) is 14.6. The Kier molecular flexibility index (Phi) is 18.2. The van der Waals surface area contributed by atoms with Gasteiger partial charge in [0.05, 0.1) is 22.9 Å². The van der Waals surface area contributed by atoms with E-state index in [1.165, 1.54) is 6.07 Å². The Morgan fingerprint density at radius 1 is 0.494 bits per heavy atom. The quantitative estimate of drug-likeness (QED) is 0.0480. The van der Waals surface area contributed by atoms with Gasteiger partial charge in [0, 0.05) is 69.1 Å². The van der Waals surface area contributed by atoms with Crippen LogP contribution in [0.4, 0.5) is 66.0 Å². The van der Waals surface area contributed by atoms with Gasteiger partial charge in [-0.2, -0.15) is 10.2 Å². The minimum Gasteiger partial charge on any atom is -0.508 e. The lowest BCUT2D eigenvalue weighted by atomic mass is 10.0. The molecular formula is C66H62N14O6S. The second-order valence-electron chi connectivity index (χ2n) is 20.1. The summed E-state index contributed by atoms with van der Waals surface area (Å²) < 4.78 is 11.9. The number of carbonyl (C=O) groups excluding carboxylic acids is 3. The fourth-order valence-corrected chi connectivity index (χ4v) is 10.6. The highest BCUT2D eigenvalue weighted by molar-refractivity contribution is 7.17. The second-order valence-corrected chi connectivity index (χ2v) is 21.0. The number of aromatic amines is 2. The molecule has 6 amide bonds. The Morgan fingerprint density at radius 2 is 1.00 bits per heavy atom. The van der Waals surface area contributed by atoms with Crippen molar-refractivity contribution >= 4 is 113 Å². The van der Waals surface area contributed by atoms with Gasteiger partial charge in [0.25, 0.3) is 0 Å². The summed E-state index contributed by atoms with van der Waals surface area (Å²) in [7, 11) is 1.63. The maximum atomic E-state index is 12.3. The highest BCUT2D eigenvalue weighted by Gasteiger charge is 2.17. The molecule has 0 spiro atoms. The number of hydrogen-bond acceptors (Lipinski definition) is 13. The van der Waals surface area contributed by atoms with Gasteiger partial charge in [0.1, 0.15) is 29.4 Å². The van der Waals surface area contributed by atoms with Crippen molar-refractivity contribution < 1.29 is 29.0 Å². The summed E-state index contributed by atoms with van der Waals surface area (Å²) in [5, 5.41) is 45.3. The number of aryl methyl sites for hydroxylation is 3. The number of nitrogen functional groups attached to an aromatic ring is 3. The first-order valence-electron chi connectivity index (χ1n) is 27.4. The number of anilines is 9. The molecule has 0 atom stereocenters. The fourth-order valence-electron chi connectivity index (χ4n) is 9.65. The third kappa shape index (κ3) is 14.7. The monoisotopic (exact) mass is 1180 g/mol. The highest BCUT2D eigenvalue weighted by atomic mass is 32.1. The number of rotatable bonds is 13. The predicted molar refractivity (Wildman–Crippen MR) is 352 cm³/mol. The number of phenols is 1. The molecule has 20 nitrogen and oxygen atoms in total. The van der Waals surface area contributed by atoms with E-state index in [-0.39, 0.29) is 23.8 Å². The lowest BCUT2D eigenvalue weighted by Gasteiger charge is -2.11. The molecule has 12 aromatic rings. The number of thiophene rings is 1. The van der Waals surface area contributed by atoms with E-state index in [4.69, 9.17) is 26.7 Å². The summed E-state index contributed by atoms with van der Waals surface area (Å²) in [6.45, 7) is 6.71. The minimum absolute atomic E-state index is 0.104. The zero-order valence-corrected chi connectivity index (χ0v) is 48.6. The van der Waals surface area contributed by atoms with Gasteiger partial charge in [-0.1, -0.05) is 72.8 Å². The Balaban J connectivity index is 0.000000145. The minimum atomic E-state index is -0.390. The lowest BCUT2D eigenvalue weighted by molar-refractivity contribution is 0.147. The van der Waals surface area contributed by atoms with Crippen LogP contribution in [-0.4, -0.2) is 68.9 Å². The van der Waals surface area contributed by atoms with Crippen LogP contribution < -0.4 is 53.8 Å². The topological polar surface area (TPSA) is 310 Å². The van der Waals surface area contributed by atoms with E-state index < -0.39 is 0 Å². The average molecular weight is 1180 g/mol. The first-order chi connectivity index (χ1) is 42.1. The van der Waals surface area contributed by atoms with Crippen LogP contribution in [0.25, 0.3) is 65.3 Å². The van der Waals surface area contributed by atoms with Crippen LogP contribution in [0.1, 0.15) is 16.7 Å². The van der Waals surface area contributed by atoms with E-state index in [2.05, 4.69) is 62.7 Å². The number of H-pyrrole nitrogens is 2. The van der Waals surface area contributed by atoms with Crippen LogP contribution in [0.3, 0.4) is 0 Å². The molecule has 12 rings (SSSR count). The van der Waals surface area contributed by atoms with Crippen LogP contribution in [0.5, 0.6) is 11.5 Å². The van der Waals surface area contributed by atoms with Crippen molar-refractivity contribution in [1.29, 1.82) is 0 Å². The molecule has 21 heteroatoms. The third-order valence-electron chi connectivity index (χ3n) is 13.6. The van der Waals surface area contributed by atoms with Crippen molar-refractivity contribution in [3.63, 3.8) is 0 Å². The van der Waals surface area contributed by atoms with E-state index in [1.54, 1.807) is 36.8 Å². The van der Waals surface area contributed by atoms with E-state index in [0.717, 1.165) is 99.0 Å². The van der Waals surface area contributed by atoms with Crippen LogP contribution in [-0.2, 0) is 4.74 Å². The summed E-state index contributed by atoms with van der Waals surface area (Å²) in [6, 6.07) is 53.5. The molecule has 0 radical (unpaired) electrons. The van der Waals surface area contributed by atoms with Gasteiger partial charge in [0.2, 0.25) is 0 Å². The normalized spacial score (nSPS) is 10.8. The van der Waals surface area contributed by atoms with E-state index in [0.29, 0.717) is 53.5 Å².